The Kier molecular flexibility index (Phi) is 6.87. The maximum atomic E-state index is 13.2. The van der Waals surface area contributed by atoms with Gasteiger partial charge in [-0.05, 0) is 49.7 Å². The van der Waals surface area contributed by atoms with Gasteiger partial charge in [-0.25, -0.2) is 14.2 Å². The molecule has 1 aromatic heterocycles. The van der Waals surface area contributed by atoms with Crippen molar-refractivity contribution in [2.75, 3.05) is 16.9 Å². The summed E-state index contributed by atoms with van der Waals surface area (Å²) in [7, 11) is 0. The van der Waals surface area contributed by atoms with Crippen LogP contribution in [-0.2, 0) is 19.1 Å². The van der Waals surface area contributed by atoms with Crippen LogP contribution in [0.15, 0.2) is 52.9 Å². The first kappa shape index (κ1) is 24.0. The lowest BCUT2D eigenvalue weighted by Crippen LogP contribution is -2.39. The average molecular weight is 496 g/mol. The summed E-state index contributed by atoms with van der Waals surface area (Å²) in [5.74, 6) is -2.59. The number of nitrogens with one attached hydrogen (secondary N) is 1. The van der Waals surface area contributed by atoms with E-state index in [4.69, 9.17) is 10.5 Å². The summed E-state index contributed by atoms with van der Waals surface area (Å²) in [6.45, 7) is 3.41. The molecule has 1 aliphatic heterocycles. The number of halogens is 1. The standard InChI is InChI=1S/C24H22FN5O4S/c1-13-3-4-14(2)17(9-13)19-12-35-24(27-19)28-21(31)11-34-23(33)18-10-20(22(26)32)30(29-18)16-7-5-15(25)6-8-16/h3-9,12,20H,10-11H2,1-2H3,(H2,26,32)(H,27,28,31)/t20-/m0/s1. The number of carbonyl (C=O) groups is 3. The molecule has 2 heterocycles. The number of anilines is 2. The Balaban J connectivity index is 1.37. The molecule has 0 saturated heterocycles. The third-order valence-corrected chi connectivity index (χ3v) is 6.08. The molecule has 2 amide bonds. The van der Waals surface area contributed by atoms with E-state index in [-0.39, 0.29) is 12.1 Å². The number of aryl methyl sites for hydroxylation is 2. The summed E-state index contributed by atoms with van der Waals surface area (Å²) >= 11 is 1.26. The molecule has 0 bridgehead atoms. The van der Waals surface area contributed by atoms with Crippen molar-refractivity contribution >= 4 is 45.7 Å². The Hall–Kier alpha value is -4.12. The fourth-order valence-electron chi connectivity index (χ4n) is 3.52. The van der Waals surface area contributed by atoms with Crippen molar-refractivity contribution in [1.82, 2.24) is 4.98 Å². The van der Waals surface area contributed by atoms with Gasteiger partial charge in [0.1, 0.15) is 17.6 Å². The largest absolute Gasteiger partial charge is 0.451 e. The number of nitrogens with two attached hydrogens (primary N) is 1. The van der Waals surface area contributed by atoms with Gasteiger partial charge in [-0.3, -0.25) is 19.9 Å². The van der Waals surface area contributed by atoms with Gasteiger partial charge < -0.3 is 10.5 Å². The van der Waals surface area contributed by atoms with E-state index in [1.807, 2.05) is 37.4 Å². The Morgan fingerprint density at radius 2 is 1.94 bits per heavy atom. The predicted molar refractivity (Wildman–Crippen MR) is 131 cm³/mol. The van der Waals surface area contributed by atoms with E-state index in [1.165, 1.54) is 40.6 Å². The van der Waals surface area contributed by atoms with Gasteiger partial charge in [0.2, 0.25) is 5.91 Å². The van der Waals surface area contributed by atoms with Gasteiger partial charge in [0, 0.05) is 17.4 Å². The minimum atomic E-state index is -0.935. The molecule has 9 nitrogen and oxygen atoms in total. The molecular weight excluding hydrogens is 473 g/mol. The molecule has 0 unspecified atom stereocenters. The summed E-state index contributed by atoms with van der Waals surface area (Å²) < 4.78 is 18.3. The van der Waals surface area contributed by atoms with E-state index in [0.717, 1.165) is 22.4 Å². The number of primary amides is 1. The van der Waals surface area contributed by atoms with Crippen LogP contribution in [0.2, 0.25) is 0 Å². The van der Waals surface area contributed by atoms with Crippen molar-refractivity contribution in [1.29, 1.82) is 0 Å². The highest BCUT2D eigenvalue weighted by atomic mass is 32.1. The normalized spacial score (nSPS) is 15.0. The van der Waals surface area contributed by atoms with Gasteiger partial charge in [-0.2, -0.15) is 5.10 Å². The van der Waals surface area contributed by atoms with E-state index >= 15 is 0 Å². The van der Waals surface area contributed by atoms with Gasteiger partial charge in [0.25, 0.3) is 5.91 Å². The second-order valence-electron chi connectivity index (χ2n) is 7.97. The van der Waals surface area contributed by atoms with Crippen LogP contribution < -0.4 is 16.1 Å². The fraction of sp³-hybridized carbons (Fsp3) is 0.208. The van der Waals surface area contributed by atoms with Gasteiger partial charge in [-0.1, -0.05) is 17.7 Å². The van der Waals surface area contributed by atoms with Crippen molar-refractivity contribution in [3.8, 4) is 11.3 Å². The highest BCUT2D eigenvalue weighted by molar-refractivity contribution is 7.14. The van der Waals surface area contributed by atoms with Crippen LogP contribution in [0, 0.1) is 19.7 Å². The quantitative estimate of drug-likeness (QED) is 0.485. The molecule has 0 spiro atoms. The van der Waals surface area contributed by atoms with E-state index in [2.05, 4.69) is 15.4 Å². The topological polar surface area (TPSA) is 127 Å². The first-order chi connectivity index (χ1) is 16.7. The van der Waals surface area contributed by atoms with Crippen LogP contribution in [0.5, 0.6) is 0 Å². The average Bonchev–Trinajstić information content (AvgIpc) is 3.47. The van der Waals surface area contributed by atoms with Gasteiger partial charge >= 0.3 is 5.97 Å². The minimum absolute atomic E-state index is 0.0719. The molecule has 1 atom stereocenters. The van der Waals surface area contributed by atoms with Crippen molar-refractivity contribution in [2.45, 2.75) is 26.3 Å². The lowest BCUT2D eigenvalue weighted by atomic mass is 10.0. The van der Waals surface area contributed by atoms with Crippen LogP contribution in [0.4, 0.5) is 15.2 Å². The van der Waals surface area contributed by atoms with Crippen LogP contribution in [0.1, 0.15) is 17.5 Å². The predicted octanol–water partition coefficient (Wildman–Crippen LogP) is 3.17. The molecule has 4 rings (SSSR count). The van der Waals surface area contributed by atoms with E-state index in [9.17, 15) is 18.8 Å². The summed E-state index contributed by atoms with van der Waals surface area (Å²) in [6.07, 6.45) is -0.0984. The highest BCUT2D eigenvalue weighted by Crippen LogP contribution is 2.28. The third-order valence-electron chi connectivity index (χ3n) is 5.32. The lowest BCUT2D eigenvalue weighted by molar-refractivity contribution is -0.140. The molecule has 3 N–H and O–H groups in total. The van der Waals surface area contributed by atoms with Crippen LogP contribution in [-0.4, -0.2) is 41.1 Å². The number of nitrogens with zero attached hydrogens (tertiary/aromatic N) is 3. The molecule has 0 radical (unpaired) electrons. The number of thiazole rings is 1. The van der Waals surface area contributed by atoms with Crippen molar-refractivity contribution in [2.24, 2.45) is 10.8 Å². The number of carbonyl (C=O) groups excluding carboxylic acids is 3. The molecule has 0 saturated carbocycles. The number of amides is 2. The van der Waals surface area contributed by atoms with Gasteiger partial charge in [0.05, 0.1) is 11.4 Å². The molecule has 3 aromatic rings. The Bertz CT molecular complexity index is 1320. The highest BCUT2D eigenvalue weighted by Gasteiger charge is 2.36. The van der Waals surface area contributed by atoms with Crippen molar-refractivity contribution in [3.05, 3.63) is 64.8 Å². The van der Waals surface area contributed by atoms with Crippen molar-refractivity contribution < 1.29 is 23.5 Å². The number of hydrogen-bond donors (Lipinski definition) is 2. The molecule has 0 fully saturated rings. The number of hydrogen-bond acceptors (Lipinski definition) is 8. The number of hydrazone groups is 1. The van der Waals surface area contributed by atoms with E-state index in [0.29, 0.717) is 10.8 Å². The molecule has 35 heavy (non-hydrogen) atoms. The van der Waals surface area contributed by atoms with E-state index < -0.39 is 36.2 Å². The van der Waals surface area contributed by atoms with Gasteiger partial charge in [0.15, 0.2) is 11.7 Å². The molecule has 0 aliphatic carbocycles. The number of aromatic nitrogens is 1. The Labute approximate surface area is 204 Å². The summed E-state index contributed by atoms with van der Waals surface area (Å²) in [5, 5.41) is 10.2. The number of rotatable bonds is 7. The van der Waals surface area contributed by atoms with Crippen LogP contribution >= 0.6 is 11.3 Å². The zero-order valence-corrected chi connectivity index (χ0v) is 19.8. The molecule has 11 heteroatoms. The van der Waals surface area contributed by atoms with Crippen molar-refractivity contribution in [3.63, 3.8) is 0 Å². The maximum Gasteiger partial charge on any atom is 0.355 e. The number of benzene rings is 2. The summed E-state index contributed by atoms with van der Waals surface area (Å²) in [5.41, 5.74) is 9.63. The summed E-state index contributed by atoms with van der Waals surface area (Å²) in [4.78, 5) is 41.1. The van der Waals surface area contributed by atoms with E-state index in [1.54, 1.807) is 0 Å². The zero-order chi connectivity index (χ0) is 25.1. The molecule has 1 aliphatic rings. The Morgan fingerprint density at radius 3 is 2.66 bits per heavy atom. The molecule has 180 valence electrons. The number of ether oxygens (including phenoxy) is 1. The number of esters is 1. The lowest BCUT2D eigenvalue weighted by Gasteiger charge is -2.20. The Morgan fingerprint density at radius 1 is 1.20 bits per heavy atom. The second-order valence-corrected chi connectivity index (χ2v) is 8.83. The fourth-order valence-corrected chi connectivity index (χ4v) is 4.25. The van der Waals surface area contributed by atoms with Crippen LogP contribution in [0.25, 0.3) is 11.3 Å². The molecule has 2 aromatic carbocycles. The minimum Gasteiger partial charge on any atom is -0.451 e. The summed E-state index contributed by atoms with van der Waals surface area (Å²) in [6, 6.07) is 10.3. The maximum absolute atomic E-state index is 13.2. The SMILES string of the molecule is Cc1ccc(C)c(-c2csc(NC(=O)COC(=O)C3=NN(c4ccc(F)cc4)[C@H](C(N)=O)C3)n2)c1. The molecular formula is C24H22FN5O4S. The first-order valence-electron chi connectivity index (χ1n) is 10.6. The van der Waals surface area contributed by atoms with Gasteiger partial charge in [-0.15, -0.1) is 11.3 Å². The monoisotopic (exact) mass is 495 g/mol. The van der Waals surface area contributed by atoms with Crippen LogP contribution in [0.3, 0.4) is 0 Å². The zero-order valence-electron chi connectivity index (χ0n) is 18.9. The first-order valence-corrected chi connectivity index (χ1v) is 11.5. The third kappa shape index (κ3) is 5.52. The second kappa shape index (κ2) is 10.0. The smallest absolute Gasteiger partial charge is 0.355 e.